The van der Waals surface area contributed by atoms with Gasteiger partial charge in [-0.1, -0.05) is 22.9 Å². The van der Waals surface area contributed by atoms with E-state index in [1.54, 1.807) is 0 Å². The van der Waals surface area contributed by atoms with E-state index in [4.69, 9.17) is 4.52 Å². The van der Waals surface area contributed by atoms with E-state index < -0.39 is 10.0 Å². The highest BCUT2D eigenvalue weighted by Gasteiger charge is 2.37. The molecule has 1 aromatic carbocycles. The fourth-order valence-corrected chi connectivity index (χ4v) is 8.03. The average Bonchev–Trinajstić information content (AvgIpc) is 3.51. The monoisotopic (exact) mass is 514 g/mol. The molecule has 0 saturated carbocycles. The first-order valence-corrected chi connectivity index (χ1v) is 14.7. The molecule has 36 heavy (non-hydrogen) atoms. The second-order valence-electron chi connectivity index (χ2n) is 10.8. The van der Waals surface area contributed by atoms with E-state index in [2.05, 4.69) is 10.1 Å². The number of benzene rings is 1. The topological polar surface area (TPSA) is 87.0 Å². The molecule has 3 aliphatic heterocycles. The number of amides is 1. The number of fused-ring (bicyclic) bond motifs is 1. The number of hydrogen-bond acceptors (Lipinski definition) is 6. The smallest absolute Gasteiger partial charge is 0.276 e. The van der Waals surface area contributed by atoms with E-state index >= 15 is 0 Å². The standard InChI is InChI=1S/C27H38N4O4S/c1-19-16-20(2)26(21(3)17-19)36(33,34)31-15-9-24-23(18-31)25(28-35-24)27(32)30-13-7-22(8-14-30)6-12-29-10-4-5-11-29/h16-17,22H,4-15,18H2,1-3H3. The number of hydrogen-bond donors (Lipinski definition) is 0. The molecule has 2 saturated heterocycles. The highest BCUT2D eigenvalue weighted by Crippen LogP contribution is 2.32. The SMILES string of the molecule is Cc1cc(C)c(S(=O)(=O)N2CCc3onc(C(=O)N4CCC(CCN5CCCC5)CC4)c3C2)c(C)c1. The first kappa shape index (κ1) is 25.4. The summed E-state index contributed by atoms with van der Waals surface area (Å²) in [4.78, 5) is 18.2. The Kier molecular flexibility index (Phi) is 7.25. The highest BCUT2D eigenvalue weighted by molar-refractivity contribution is 7.89. The maximum absolute atomic E-state index is 13.6. The van der Waals surface area contributed by atoms with Crippen LogP contribution in [-0.2, 0) is 23.0 Å². The molecule has 4 heterocycles. The maximum Gasteiger partial charge on any atom is 0.276 e. The largest absolute Gasteiger partial charge is 0.360 e. The summed E-state index contributed by atoms with van der Waals surface area (Å²) in [6.07, 6.45) is 6.26. The summed E-state index contributed by atoms with van der Waals surface area (Å²) in [5, 5.41) is 4.12. The first-order chi connectivity index (χ1) is 17.2. The predicted octanol–water partition coefficient (Wildman–Crippen LogP) is 3.68. The third kappa shape index (κ3) is 4.97. The van der Waals surface area contributed by atoms with Crippen LogP contribution in [0.3, 0.4) is 0 Å². The molecule has 0 radical (unpaired) electrons. The van der Waals surface area contributed by atoms with Crippen molar-refractivity contribution in [1.29, 1.82) is 0 Å². The van der Waals surface area contributed by atoms with Gasteiger partial charge in [-0.15, -0.1) is 0 Å². The van der Waals surface area contributed by atoms with Gasteiger partial charge in [0.05, 0.1) is 4.90 Å². The van der Waals surface area contributed by atoms with Crippen LogP contribution in [0.4, 0.5) is 0 Å². The summed E-state index contributed by atoms with van der Waals surface area (Å²) in [6, 6.07) is 3.80. The molecular formula is C27H38N4O4S. The number of nitrogens with zero attached hydrogens (tertiary/aromatic N) is 4. The van der Waals surface area contributed by atoms with E-state index in [1.165, 1.54) is 43.2 Å². The third-order valence-corrected chi connectivity index (χ3v) is 10.3. The Morgan fingerprint density at radius 3 is 2.36 bits per heavy atom. The van der Waals surface area contributed by atoms with Crippen LogP contribution in [0.5, 0.6) is 0 Å². The summed E-state index contributed by atoms with van der Waals surface area (Å²) in [6.45, 7) is 11.1. The predicted molar refractivity (Wildman–Crippen MR) is 137 cm³/mol. The van der Waals surface area contributed by atoms with Crippen LogP contribution in [0.1, 0.15) is 70.6 Å². The van der Waals surface area contributed by atoms with Crippen molar-refractivity contribution < 1.29 is 17.7 Å². The molecule has 3 aliphatic rings. The van der Waals surface area contributed by atoms with Crippen LogP contribution in [0.25, 0.3) is 0 Å². The van der Waals surface area contributed by atoms with Crippen LogP contribution in [-0.4, -0.2) is 72.9 Å². The fourth-order valence-electron chi connectivity index (χ4n) is 6.21. The molecule has 0 N–H and O–H groups in total. The van der Waals surface area contributed by atoms with Crippen LogP contribution < -0.4 is 0 Å². The minimum atomic E-state index is -3.71. The Bertz CT molecular complexity index is 1200. The lowest BCUT2D eigenvalue weighted by molar-refractivity contribution is 0.0670. The summed E-state index contributed by atoms with van der Waals surface area (Å²) in [5.41, 5.74) is 3.42. The lowest BCUT2D eigenvalue weighted by atomic mass is 9.93. The van der Waals surface area contributed by atoms with Gasteiger partial charge in [-0.3, -0.25) is 4.79 Å². The Morgan fingerprint density at radius 1 is 1.03 bits per heavy atom. The van der Waals surface area contributed by atoms with Crippen LogP contribution in [0.15, 0.2) is 21.6 Å². The summed E-state index contributed by atoms with van der Waals surface area (Å²) in [7, 11) is -3.71. The quantitative estimate of drug-likeness (QED) is 0.585. The molecule has 2 fully saturated rings. The van der Waals surface area contributed by atoms with Crippen molar-refractivity contribution >= 4 is 15.9 Å². The summed E-state index contributed by atoms with van der Waals surface area (Å²) >= 11 is 0. The van der Waals surface area contributed by atoms with Gasteiger partial charge in [-0.25, -0.2) is 8.42 Å². The molecule has 1 aromatic heterocycles. The van der Waals surface area contributed by atoms with Gasteiger partial charge in [-0.2, -0.15) is 4.31 Å². The number of aromatic nitrogens is 1. The second-order valence-corrected chi connectivity index (χ2v) is 12.7. The van der Waals surface area contributed by atoms with Gasteiger partial charge in [-0.05, 0) is 89.6 Å². The van der Waals surface area contributed by atoms with Gasteiger partial charge in [0.1, 0.15) is 5.76 Å². The number of carbonyl (C=O) groups excluding carboxylic acids is 1. The number of sulfonamides is 1. The minimum absolute atomic E-state index is 0.112. The zero-order valence-corrected chi connectivity index (χ0v) is 22.6. The van der Waals surface area contributed by atoms with Gasteiger partial charge in [0.2, 0.25) is 10.0 Å². The summed E-state index contributed by atoms with van der Waals surface area (Å²) in [5.74, 6) is 1.14. The van der Waals surface area contributed by atoms with Gasteiger partial charge >= 0.3 is 0 Å². The molecule has 1 amide bonds. The Hall–Kier alpha value is -2.23. The van der Waals surface area contributed by atoms with Crippen LogP contribution in [0, 0.1) is 26.7 Å². The number of carbonyl (C=O) groups is 1. The van der Waals surface area contributed by atoms with Gasteiger partial charge in [0.25, 0.3) is 5.91 Å². The lowest BCUT2D eigenvalue weighted by Crippen LogP contribution is -2.41. The normalized spacial score (nSPS) is 20.1. The minimum Gasteiger partial charge on any atom is -0.360 e. The van der Waals surface area contributed by atoms with Gasteiger partial charge < -0.3 is 14.3 Å². The van der Waals surface area contributed by atoms with Gasteiger partial charge in [0.15, 0.2) is 5.69 Å². The number of aryl methyl sites for hydroxylation is 3. The summed E-state index contributed by atoms with van der Waals surface area (Å²) < 4.78 is 34.2. The number of likely N-dealkylation sites (tertiary alicyclic amines) is 2. The fraction of sp³-hybridized carbons (Fsp3) is 0.630. The van der Waals surface area contributed by atoms with Crippen molar-refractivity contribution in [3.63, 3.8) is 0 Å². The molecule has 0 spiro atoms. The van der Waals surface area contributed by atoms with Crippen molar-refractivity contribution in [2.45, 2.75) is 70.7 Å². The molecule has 0 aliphatic carbocycles. The first-order valence-electron chi connectivity index (χ1n) is 13.3. The van der Waals surface area contributed by atoms with E-state index in [0.29, 0.717) is 35.1 Å². The Balaban J connectivity index is 1.26. The average molecular weight is 515 g/mol. The second kappa shape index (κ2) is 10.3. The van der Waals surface area contributed by atoms with Crippen molar-refractivity contribution in [2.24, 2.45) is 5.92 Å². The third-order valence-electron chi connectivity index (χ3n) is 8.15. The molecule has 2 aromatic rings. The van der Waals surface area contributed by atoms with E-state index in [9.17, 15) is 13.2 Å². The van der Waals surface area contributed by atoms with E-state index in [-0.39, 0.29) is 18.1 Å². The molecule has 9 heteroatoms. The molecular weight excluding hydrogens is 476 g/mol. The van der Waals surface area contributed by atoms with E-state index in [1.807, 2.05) is 37.8 Å². The molecule has 8 nitrogen and oxygen atoms in total. The Morgan fingerprint density at radius 2 is 1.69 bits per heavy atom. The Labute approximate surface area is 214 Å². The highest BCUT2D eigenvalue weighted by atomic mass is 32.2. The lowest BCUT2D eigenvalue weighted by Gasteiger charge is -2.33. The molecule has 196 valence electrons. The molecule has 5 rings (SSSR count). The van der Waals surface area contributed by atoms with Crippen molar-refractivity contribution in [3.05, 3.63) is 45.8 Å². The van der Waals surface area contributed by atoms with Crippen LogP contribution in [0.2, 0.25) is 0 Å². The molecule has 0 unspecified atom stereocenters. The van der Waals surface area contributed by atoms with Crippen molar-refractivity contribution in [2.75, 3.05) is 39.3 Å². The maximum atomic E-state index is 13.6. The molecule has 0 atom stereocenters. The number of rotatable bonds is 6. The van der Waals surface area contributed by atoms with Crippen molar-refractivity contribution in [1.82, 2.24) is 19.3 Å². The zero-order valence-electron chi connectivity index (χ0n) is 21.8. The number of piperidine rings is 1. The molecule has 0 bridgehead atoms. The van der Waals surface area contributed by atoms with E-state index in [0.717, 1.165) is 42.6 Å². The van der Waals surface area contributed by atoms with Crippen molar-refractivity contribution in [3.8, 4) is 0 Å². The zero-order chi connectivity index (χ0) is 25.4. The van der Waals surface area contributed by atoms with Crippen LogP contribution >= 0.6 is 0 Å². The van der Waals surface area contributed by atoms with Gasteiger partial charge in [0, 0.05) is 38.2 Å².